The highest BCUT2D eigenvalue weighted by Gasteiger charge is 2.22. The SMILES string of the molecule is CCOc1cccn2c(C(=O)C[C@@H](CO)Cc3ccccc3)c(C)nc12.Cl. The molecule has 3 aromatic rings. The summed E-state index contributed by atoms with van der Waals surface area (Å²) in [6, 6.07) is 13.6. The van der Waals surface area contributed by atoms with E-state index in [2.05, 4.69) is 4.98 Å². The Kier molecular flexibility index (Phi) is 7.39. The van der Waals surface area contributed by atoms with Crippen LogP contribution in [0.25, 0.3) is 5.65 Å². The van der Waals surface area contributed by atoms with Gasteiger partial charge in [-0.3, -0.25) is 9.20 Å². The van der Waals surface area contributed by atoms with Crippen LogP contribution in [0.1, 0.15) is 35.1 Å². The Hall–Kier alpha value is -2.37. The van der Waals surface area contributed by atoms with Gasteiger partial charge in [-0.15, -0.1) is 12.4 Å². The fraction of sp³-hybridized carbons (Fsp3) is 0.333. The standard InChI is InChI=1S/C21H24N2O3.ClH/c1-3-26-19-10-7-11-23-20(15(2)22-21(19)23)18(25)13-17(14-24)12-16-8-5-4-6-9-16;/h4-11,17,24H,3,12-14H2,1-2H3;1H/t17-;/m0./s1. The average Bonchev–Trinajstić information content (AvgIpc) is 2.99. The van der Waals surface area contributed by atoms with Crippen LogP contribution in [-0.4, -0.2) is 33.5 Å². The van der Waals surface area contributed by atoms with Crippen LogP contribution in [0, 0.1) is 12.8 Å². The zero-order chi connectivity index (χ0) is 18.5. The normalized spacial score (nSPS) is 11.8. The number of fused-ring (bicyclic) bond motifs is 1. The molecule has 1 atom stereocenters. The number of carbonyl (C=O) groups excluding carboxylic acids is 1. The molecule has 0 unspecified atom stereocenters. The molecule has 0 radical (unpaired) electrons. The summed E-state index contributed by atoms with van der Waals surface area (Å²) in [5.41, 5.74) is 3.01. The minimum Gasteiger partial charge on any atom is -0.490 e. The highest BCUT2D eigenvalue weighted by Crippen LogP contribution is 2.24. The Bertz CT molecular complexity index is 893. The molecular weight excluding hydrogens is 364 g/mol. The minimum atomic E-state index is -0.120. The van der Waals surface area contributed by atoms with Crippen molar-refractivity contribution in [3.63, 3.8) is 0 Å². The summed E-state index contributed by atoms with van der Waals surface area (Å²) in [5.74, 6) is 0.531. The number of nitrogens with zero attached hydrogens (tertiary/aromatic N) is 2. The molecule has 0 aliphatic heterocycles. The largest absolute Gasteiger partial charge is 0.490 e. The van der Waals surface area contributed by atoms with E-state index in [4.69, 9.17) is 4.74 Å². The number of pyridine rings is 1. The number of Topliss-reactive ketones (excluding diaryl/α,β-unsaturated/α-hetero) is 1. The highest BCUT2D eigenvalue weighted by molar-refractivity contribution is 5.96. The molecule has 27 heavy (non-hydrogen) atoms. The molecule has 5 nitrogen and oxygen atoms in total. The fourth-order valence-electron chi connectivity index (χ4n) is 3.27. The van der Waals surface area contributed by atoms with E-state index in [0.29, 0.717) is 35.8 Å². The van der Waals surface area contributed by atoms with E-state index in [-0.39, 0.29) is 37.1 Å². The molecule has 0 aliphatic carbocycles. The maximum absolute atomic E-state index is 13.0. The monoisotopic (exact) mass is 388 g/mol. The third kappa shape index (κ3) is 4.67. The van der Waals surface area contributed by atoms with Gasteiger partial charge < -0.3 is 9.84 Å². The molecule has 0 amide bonds. The molecule has 1 N–H and O–H groups in total. The summed E-state index contributed by atoms with van der Waals surface area (Å²) in [4.78, 5) is 17.5. The Morgan fingerprint density at radius 3 is 2.63 bits per heavy atom. The van der Waals surface area contributed by atoms with Gasteiger partial charge in [-0.25, -0.2) is 4.98 Å². The molecule has 2 aromatic heterocycles. The molecule has 0 saturated carbocycles. The molecule has 3 rings (SSSR count). The third-order valence-corrected chi connectivity index (χ3v) is 4.45. The summed E-state index contributed by atoms with van der Waals surface area (Å²) in [6.07, 6.45) is 2.78. The lowest BCUT2D eigenvalue weighted by Crippen LogP contribution is -2.17. The lowest BCUT2D eigenvalue weighted by molar-refractivity contribution is 0.0929. The van der Waals surface area contributed by atoms with Crippen molar-refractivity contribution in [2.75, 3.05) is 13.2 Å². The number of hydrogen-bond acceptors (Lipinski definition) is 4. The lowest BCUT2D eigenvalue weighted by atomic mass is 9.94. The molecule has 1 aromatic carbocycles. The van der Waals surface area contributed by atoms with Crippen LogP contribution in [0.5, 0.6) is 5.75 Å². The number of ether oxygens (including phenoxy) is 1. The van der Waals surface area contributed by atoms with Crippen molar-refractivity contribution in [3.8, 4) is 5.75 Å². The average molecular weight is 389 g/mol. The van der Waals surface area contributed by atoms with Crippen molar-refractivity contribution < 1.29 is 14.6 Å². The Balaban J connectivity index is 0.00000261. The van der Waals surface area contributed by atoms with E-state index in [1.165, 1.54) is 0 Å². The van der Waals surface area contributed by atoms with Crippen LogP contribution >= 0.6 is 12.4 Å². The Morgan fingerprint density at radius 2 is 1.96 bits per heavy atom. The first-order valence-corrected chi connectivity index (χ1v) is 8.92. The van der Waals surface area contributed by atoms with Gasteiger partial charge >= 0.3 is 0 Å². The summed E-state index contributed by atoms with van der Waals surface area (Å²) in [6.45, 7) is 4.26. The zero-order valence-corrected chi connectivity index (χ0v) is 16.4. The number of halogens is 1. The minimum absolute atomic E-state index is 0. The maximum atomic E-state index is 13.0. The number of carbonyl (C=O) groups is 1. The summed E-state index contributed by atoms with van der Waals surface area (Å²) in [7, 11) is 0. The molecule has 0 saturated heterocycles. The van der Waals surface area contributed by atoms with E-state index in [1.54, 1.807) is 4.40 Å². The summed E-state index contributed by atoms with van der Waals surface area (Å²) < 4.78 is 7.41. The number of aliphatic hydroxyl groups excluding tert-OH is 1. The molecule has 0 fully saturated rings. The summed E-state index contributed by atoms with van der Waals surface area (Å²) in [5, 5.41) is 9.74. The van der Waals surface area contributed by atoms with E-state index in [9.17, 15) is 9.90 Å². The van der Waals surface area contributed by atoms with Gasteiger partial charge in [0.05, 0.1) is 12.3 Å². The summed E-state index contributed by atoms with van der Waals surface area (Å²) >= 11 is 0. The molecule has 6 heteroatoms. The van der Waals surface area contributed by atoms with E-state index in [0.717, 1.165) is 5.56 Å². The lowest BCUT2D eigenvalue weighted by Gasteiger charge is -2.14. The number of aryl methyl sites for hydroxylation is 1. The molecule has 0 aliphatic rings. The molecule has 2 heterocycles. The van der Waals surface area contributed by atoms with Gasteiger partial charge in [-0.05, 0) is 43.9 Å². The van der Waals surface area contributed by atoms with Crippen LogP contribution in [-0.2, 0) is 6.42 Å². The number of benzene rings is 1. The van der Waals surface area contributed by atoms with Crippen molar-refractivity contribution >= 4 is 23.8 Å². The number of rotatable bonds is 8. The van der Waals surface area contributed by atoms with Gasteiger partial charge in [0.15, 0.2) is 17.2 Å². The van der Waals surface area contributed by atoms with Crippen LogP contribution in [0.2, 0.25) is 0 Å². The second-order valence-electron chi connectivity index (χ2n) is 6.41. The Labute approximate surface area is 165 Å². The third-order valence-electron chi connectivity index (χ3n) is 4.45. The first kappa shape index (κ1) is 20.9. The van der Waals surface area contributed by atoms with Crippen molar-refractivity contribution in [3.05, 3.63) is 65.6 Å². The van der Waals surface area contributed by atoms with E-state index in [1.807, 2.05) is 62.5 Å². The quantitative estimate of drug-likeness (QED) is 0.594. The number of aliphatic hydroxyl groups is 1. The molecule has 144 valence electrons. The van der Waals surface area contributed by atoms with E-state index >= 15 is 0 Å². The van der Waals surface area contributed by atoms with Gasteiger partial charge in [0, 0.05) is 19.2 Å². The van der Waals surface area contributed by atoms with Crippen molar-refractivity contribution in [1.29, 1.82) is 0 Å². The highest BCUT2D eigenvalue weighted by atomic mass is 35.5. The van der Waals surface area contributed by atoms with Crippen molar-refractivity contribution in [1.82, 2.24) is 9.38 Å². The van der Waals surface area contributed by atoms with Gasteiger partial charge in [0.25, 0.3) is 0 Å². The zero-order valence-electron chi connectivity index (χ0n) is 15.6. The molecule has 0 spiro atoms. The number of ketones is 1. The number of imidazole rings is 1. The van der Waals surface area contributed by atoms with Gasteiger partial charge in [-0.1, -0.05) is 30.3 Å². The van der Waals surface area contributed by atoms with Gasteiger partial charge in [-0.2, -0.15) is 0 Å². The smallest absolute Gasteiger partial charge is 0.181 e. The van der Waals surface area contributed by atoms with Crippen molar-refractivity contribution in [2.24, 2.45) is 5.92 Å². The number of hydrogen-bond donors (Lipinski definition) is 1. The topological polar surface area (TPSA) is 63.8 Å². The molecule has 0 bridgehead atoms. The fourth-order valence-corrected chi connectivity index (χ4v) is 3.27. The first-order valence-electron chi connectivity index (χ1n) is 8.92. The Morgan fingerprint density at radius 1 is 1.22 bits per heavy atom. The van der Waals surface area contributed by atoms with Crippen LogP contribution in [0.3, 0.4) is 0 Å². The first-order chi connectivity index (χ1) is 12.6. The second-order valence-corrected chi connectivity index (χ2v) is 6.41. The maximum Gasteiger partial charge on any atom is 0.181 e. The predicted molar refractivity (Wildman–Crippen MR) is 108 cm³/mol. The number of aromatic nitrogens is 2. The van der Waals surface area contributed by atoms with Crippen LogP contribution < -0.4 is 4.74 Å². The van der Waals surface area contributed by atoms with Gasteiger partial charge in [0.2, 0.25) is 0 Å². The predicted octanol–water partition coefficient (Wildman–Crippen LogP) is 3.89. The van der Waals surface area contributed by atoms with Crippen LogP contribution in [0.4, 0.5) is 0 Å². The second kappa shape index (κ2) is 9.53. The van der Waals surface area contributed by atoms with Crippen LogP contribution in [0.15, 0.2) is 48.7 Å². The van der Waals surface area contributed by atoms with Gasteiger partial charge in [0.1, 0.15) is 5.69 Å². The molecular formula is C21H25ClN2O3. The van der Waals surface area contributed by atoms with Crippen molar-refractivity contribution in [2.45, 2.75) is 26.7 Å². The van der Waals surface area contributed by atoms with E-state index < -0.39 is 0 Å².